The molecule has 0 radical (unpaired) electrons. The molecule has 3 nitrogen and oxygen atoms in total. The van der Waals surface area contributed by atoms with Crippen LogP contribution in [0.4, 0.5) is 5.82 Å². The normalized spacial score (nSPS) is 21.1. The maximum absolute atomic E-state index is 4.59. The minimum Gasteiger partial charge on any atom is -0.367 e. The predicted octanol–water partition coefficient (Wildman–Crippen LogP) is 4.23. The first kappa shape index (κ1) is 15.3. The lowest BCUT2D eigenvalue weighted by Gasteiger charge is -2.27. The zero-order valence-corrected chi connectivity index (χ0v) is 13.2. The van der Waals surface area contributed by atoms with Crippen molar-refractivity contribution in [3.05, 3.63) is 23.9 Å². The Morgan fingerprint density at radius 3 is 3.05 bits per heavy atom. The summed E-state index contributed by atoms with van der Waals surface area (Å²) in [6.45, 7) is 9.16. The monoisotopic (exact) mass is 275 g/mol. The van der Waals surface area contributed by atoms with Gasteiger partial charge in [-0.15, -0.1) is 0 Å². The van der Waals surface area contributed by atoms with E-state index in [1.807, 2.05) is 6.20 Å². The van der Waals surface area contributed by atoms with E-state index in [-0.39, 0.29) is 0 Å². The molecule has 0 amide bonds. The number of likely N-dealkylation sites (tertiary alicyclic amines) is 1. The molecule has 2 heterocycles. The minimum absolute atomic E-state index is 0.481. The Morgan fingerprint density at radius 1 is 1.45 bits per heavy atom. The van der Waals surface area contributed by atoms with Gasteiger partial charge in [0.2, 0.25) is 0 Å². The Bertz CT molecular complexity index is 405. The molecule has 20 heavy (non-hydrogen) atoms. The van der Waals surface area contributed by atoms with Crippen LogP contribution >= 0.6 is 0 Å². The van der Waals surface area contributed by atoms with E-state index in [9.17, 15) is 0 Å². The lowest BCUT2D eigenvalue weighted by molar-refractivity contribution is 0.253. The topological polar surface area (TPSA) is 28.2 Å². The summed E-state index contributed by atoms with van der Waals surface area (Å²) in [6.07, 6.45) is 8.18. The maximum Gasteiger partial charge on any atom is 0.130 e. The molecule has 1 aliphatic rings. The first-order valence-electron chi connectivity index (χ1n) is 8.21. The molecule has 2 atom stereocenters. The molecule has 3 heteroatoms. The standard InChI is InChI=1S/C17H29N3/c1-4-6-12-20-13-8-10-16(20)15-9-7-11-18-17(15)19-14(3)5-2/h7,9,11,14,16H,4-6,8,10,12-13H2,1-3H3,(H,18,19)/t14-,16-/m0/s1. The molecule has 1 aromatic heterocycles. The highest BCUT2D eigenvalue weighted by molar-refractivity contribution is 5.46. The lowest BCUT2D eigenvalue weighted by Crippen LogP contribution is -2.26. The van der Waals surface area contributed by atoms with Gasteiger partial charge < -0.3 is 5.32 Å². The van der Waals surface area contributed by atoms with Gasteiger partial charge in [-0.25, -0.2) is 4.98 Å². The molecule has 1 N–H and O–H groups in total. The summed E-state index contributed by atoms with van der Waals surface area (Å²) in [4.78, 5) is 7.23. The van der Waals surface area contributed by atoms with Gasteiger partial charge in [0.1, 0.15) is 5.82 Å². The van der Waals surface area contributed by atoms with Crippen molar-refractivity contribution in [2.24, 2.45) is 0 Å². The van der Waals surface area contributed by atoms with Crippen molar-refractivity contribution < 1.29 is 0 Å². The summed E-state index contributed by atoms with van der Waals surface area (Å²) in [6, 6.07) is 5.37. The van der Waals surface area contributed by atoms with Gasteiger partial charge in [-0.05, 0) is 51.8 Å². The average Bonchev–Trinajstić information content (AvgIpc) is 2.93. The maximum atomic E-state index is 4.59. The second-order valence-electron chi connectivity index (χ2n) is 5.94. The van der Waals surface area contributed by atoms with Crippen LogP contribution in [-0.2, 0) is 0 Å². The molecule has 0 unspecified atom stereocenters. The Labute approximate surface area is 123 Å². The minimum atomic E-state index is 0.481. The van der Waals surface area contributed by atoms with Gasteiger partial charge in [-0.1, -0.05) is 26.3 Å². The van der Waals surface area contributed by atoms with E-state index in [2.05, 4.69) is 48.1 Å². The van der Waals surface area contributed by atoms with Gasteiger partial charge in [0.05, 0.1) is 0 Å². The molecule has 112 valence electrons. The van der Waals surface area contributed by atoms with E-state index < -0.39 is 0 Å². The quantitative estimate of drug-likeness (QED) is 0.807. The fourth-order valence-electron chi connectivity index (χ4n) is 2.95. The summed E-state index contributed by atoms with van der Waals surface area (Å²) < 4.78 is 0. The third-order valence-corrected chi connectivity index (χ3v) is 4.36. The molecule has 0 aliphatic carbocycles. The van der Waals surface area contributed by atoms with Crippen molar-refractivity contribution in [3.8, 4) is 0 Å². The number of anilines is 1. The fourth-order valence-corrected chi connectivity index (χ4v) is 2.95. The van der Waals surface area contributed by atoms with E-state index in [0.717, 1.165) is 12.2 Å². The van der Waals surface area contributed by atoms with Crippen molar-refractivity contribution >= 4 is 5.82 Å². The van der Waals surface area contributed by atoms with Gasteiger partial charge >= 0.3 is 0 Å². The van der Waals surface area contributed by atoms with Gasteiger partial charge in [-0.2, -0.15) is 0 Å². The highest BCUT2D eigenvalue weighted by atomic mass is 15.2. The molecule has 1 saturated heterocycles. The molecule has 1 aliphatic heterocycles. The number of unbranched alkanes of at least 4 members (excludes halogenated alkanes) is 1. The fraction of sp³-hybridized carbons (Fsp3) is 0.706. The molecule has 0 saturated carbocycles. The Hall–Kier alpha value is -1.09. The van der Waals surface area contributed by atoms with E-state index in [1.165, 1.54) is 44.3 Å². The van der Waals surface area contributed by atoms with Crippen molar-refractivity contribution in [2.45, 2.75) is 65.0 Å². The van der Waals surface area contributed by atoms with Gasteiger partial charge in [0, 0.05) is 23.8 Å². The van der Waals surface area contributed by atoms with Gasteiger partial charge in [0.15, 0.2) is 0 Å². The SMILES string of the molecule is CCCCN1CCC[C@H]1c1cccnc1N[C@@H](C)CC. The van der Waals surface area contributed by atoms with Crippen LogP contribution in [0.25, 0.3) is 0 Å². The van der Waals surface area contributed by atoms with Crippen molar-refractivity contribution in [1.29, 1.82) is 0 Å². The Kier molecular flexibility index (Phi) is 5.84. The molecular weight excluding hydrogens is 246 g/mol. The largest absolute Gasteiger partial charge is 0.367 e. The molecule has 1 aromatic rings. The first-order valence-corrected chi connectivity index (χ1v) is 8.21. The average molecular weight is 275 g/mol. The second-order valence-corrected chi connectivity index (χ2v) is 5.94. The predicted molar refractivity (Wildman–Crippen MR) is 86.1 cm³/mol. The van der Waals surface area contributed by atoms with Crippen molar-refractivity contribution in [1.82, 2.24) is 9.88 Å². The lowest BCUT2D eigenvalue weighted by atomic mass is 10.0. The molecule has 2 rings (SSSR count). The zero-order chi connectivity index (χ0) is 14.4. The van der Waals surface area contributed by atoms with Crippen LogP contribution < -0.4 is 5.32 Å². The van der Waals surface area contributed by atoms with Crippen LogP contribution in [0.15, 0.2) is 18.3 Å². The van der Waals surface area contributed by atoms with Crippen LogP contribution in [-0.4, -0.2) is 29.0 Å². The van der Waals surface area contributed by atoms with Gasteiger partial charge in [-0.3, -0.25) is 4.90 Å². The van der Waals surface area contributed by atoms with Crippen LogP contribution in [0.5, 0.6) is 0 Å². The smallest absolute Gasteiger partial charge is 0.130 e. The molecule has 0 spiro atoms. The molecular formula is C17H29N3. The number of rotatable bonds is 7. The molecule has 0 bridgehead atoms. The highest BCUT2D eigenvalue weighted by Crippen LogP contribution is 2.35. The summed E-state index contributed by atoms with van der Waals surface area (Å²) in [5, 5.41) is 3.58. The van der Waals surface area contributed by atoms with Crippen molar-refractivity contribution in [3.63, 3.8) is 0 Å². The molecule has 1 fully saturated rings. The summed E-state index contributed by atoms with van der Waals surface area (Å²) in [5.74, 6) is 1.09. The Morgan fingerprint density at radius 2 is 2.30 bits per heavy atom. The highest BCUT2D eigenvalue weighted by Gasteiger charge is 2.27. The Balaban J connectivity index is 2.14. The van der Waals surface area contributed by atoms with Gasteiger partial charge in [0.25, 0.3) is 0 Å². The number of aromatic nitrogens is 1. The summed E-state index contributed by atoms with van der Waals surface area (Å²) in [7, 11) is 0. The number of pyridine rings is 1. The third kappa shape index (κ3) is 3.72. The van der Waals surface area contributed by atoms with Crippen LogP contribution in [0.1, 0.15) is 64.5 Å². The van der Waals surface area contributed by atoms with Crippen molar-refractivity contribution in [2.75, 3.05) is 18.4 Å². The van der Waals surface area contributed by atoms with Crippen LogP contribution in [0.2, 0.25) is 0 Å². The summed E-state index contributed by atoms with van der Waals surface area (Å²) in [5.41, 5.74) is 1.39. The van der Waals surface area contributed by atoms with Crippen LogP contribution in [0, 0.1) is 0 Å². The van der Waals surface area contributed by atoms with E-state index in [0.29, 0.717) is 12.1 Å². The van der Waals surface area contributed by atoms with Crippen LogP contribution in [0.3, 0.4) is 0 Å². The zero-order valence-electron chi connectivity index (χ0n) is 13.2. The first-order chi connectivity index (χ1) is 9.76. The van der Waals surface area contributed by atoms with E-state index >= 15 is 0 Å². The van der Waals surface area contributed by atoms with E-state index in [4.69, 9.17) is 0 Å². The number of hydrogen-bond donors (Lipinski definition) is 1. The van der Waals surface area contributed by atoms with E-state index in [1.54, 1.807) is 0 Å². The number of nitrogens with one attached hydrogen (secondary N) is 1. The number of hydrogen-bond acceptors (Lipinski definition) is 3. The number of nitrogens with zero attached hydrogens (tertiary/aromatic N) is 2. The molecule has 0 aromatic carbocycles. The third-order valence-electron chi connectivity index (χ3n) is 4.36. The second kappa shape index (κ2) is 7.63. The summed E-state index contributed by atoms with van der Waals surface area (Å²) >= 11 is 0.